The number of Topliss-reactive ketones (excluding diaryl/α,β-unsaturated/α-hetero) is 1. The van der Waals surface area contributed by atoms with Crippen LogP contribution in [0.4, 0.5) is 27.2 Å². The lowest BCUT2D eigenvalue weighted by molar-refractivity contribution is -0.142. The van der Waals surface area contributed by atoms with Crippen LogP contribution in [0, 0.1) is 6.92 Å². The number of hydrogen-bond donors (Lipinski definition) is 0. The smallest absolute Gasteiger partial charge is 0.305 e. The highest BCUT2D eigenvalue weighted by molar-refractivity contribution is 7.30. The number of ether oxygens (including phenoxy) is 2. The van der Waals surface area contributed by atoms with E-state index in [4.69, 9.17) is 9.47 Å². The summed E-state index contributed by atoms with van der Waals surface area (Å²) in [6.07, 6.45) is 11.2. The summed E-state index contributed by atoms with van der Waals surface area (Å²) in [6.45, 7) is 10.3. The highest BCUT2D eigenvalue weighted by Gasteiger charge is 2.11. The number of aryl methyl sites for hydroxylation is 1. The summed E-state index contributed by atoms with van der Waals surface area (Å²) >= 11 is 2.94. The minimum Gasteiger partial charge on any atom is -0.494 e. The summed E-state index contributed by atoms with van der Waals surface area (Å²) in [5.41, 5.74) is 3.60. The van der Waals surface area contributed by atoms with E-state index in [9.17, 15) is 9.59 Å². The first-order chi connectivity index (χ1) is 24.4. The Morgan fingerprint density at radius 3 is 2.20 bits per heavy atom. The van der Waals surface area contributed by atoms with Gasteiger partial charge in [0.25, 0.3) is 0 Å². The van der Waals surface area contributed by atoms with Crippen LogP contribution < -0.4 is 9.64 Å². The highest BCUT2D eigenvalue weighted by atomic mass is 32.1. The Balaban J connectivity index is 1.17. The fourth-order valence-corrected chi connectivity index (χ4v) is 7.11. The largest absolute Gasteiger partial charge is 0.494 e. The summed E-state index contributed by atoms with van der Waals surface area (Å²) in [5, 5.41) is 19.1. The molecule has 4 aromatic rings. The predicted octanol–water partition coefficient (Wildman–Crippen LogP) is 12.1. The molecule has 2 aromatic carbocycles. The number of anilines is 1. The van der Waals surface area contributed by atoms with Gasteiger partial charge in [0, 0.05) is 31.5 Å². The molecule has 2 aromatic heterocycles. The fourth-order valence-electron chi connectivity index (χ4n) is 5.26. The highest BCUT2D eigenvalue weighted by Crippen LogP contribution is 2.39. The van der Waals surface area contributed by atoms with Crippen molar-refractivity contribution in [2.45, 2.75) is 98.3 Å². The molecule has 0 unspecified atom stereocenters. The van der Waals surface area contributed by atoms with Gasteiger partial charge in [-0.05, 0) is 80.8 Å². The standard InChI is InChI=1S/C38H50N6O4S2/c1-5-31(45)16-14-12-10-8-9-11-13-15-24-47-32-20-17-29(18-21-32)40-42-35-27-34-37(50-35)39-38(49-34)43-41-33-22-19-30(26-28(33)4)44(7-3)23-25-48-36(46)6-2/h17-22,26-27H,5-16,23-25H2,1-4H3. The average Bonchev–Trinajstić information content (AvgIpc) is 3.70. The van der Waals surface area contributed by atoms with Gasteiger partial charge in [-0.1, -0.05) is 75.0 Å². The number of likely N-dealkylation sites (N-methyl/N-ethyl adjacent to an activating group) is 1. The Bertz CT molecular complexity index is 1670. The van der Waals surface area contributed by atoms with Crippen LogP contribution in [0.3, 0.4) is 0 Å². The summed E-state index contributed by atoms with van der Waals surface area (Å²) in [5.74, 6) is 1.04. The normalized spacial score (nSPS) is 11.6. The molecule has 0 saturated heterocycles. The molecule has 0 spiro atoms. The van der Waals surface area contributed by atoms with Gasteiger partial charge in [0.1, 0.15) is 28.0 Å². The van der Waals surface area contributed by atoms with E-state index in [-0.39, 0.29) is 5.97 Å². The minimum atomic E-state index is -0.183. The van der Waals surface area contributed by atoms with Crippen LogP contribution in [0.15, 0.2) is 69.0 Å². The lowest BCUT2D eigenvalue weighted by Gasteiger charge is -2.23. The van der Waals surface area contributed by atoms with Crippen molar-refractivity contribution in [2.75, 3.05) is 31.2 Å². The average molecular weight is 719 g/mol. The Morgan fingerprint density at radius 2 is 1.52 bits per heavy atom. The number of fused-ring (bicyclic) bond motifs is 1. The van der Waals surface area contributed by atoms with E-state index in [1.807, 2.05) is 56.3 Å². The second-order valence-corrected chi connectivity index (χ2v) is 14.1. The monoisotopic (exact) mass is 718 g/mol. The van der Waals surface area contributed by atoms with E-state index >= 15 is 0 Å². The van der Waals surface area contributed by atoms with Crippen molar-refractivity contribution < 1.29 is 19.1 Å². The topological polar surface area (TPSA) is 118 Å². The lowest BCUT2D eigenvalue weighted by Crippen LogP contribution is -2.27. The van der Waals surface area contributed by atoms with Gasteiger partial charge < -0.3 is 14.4 Å². The van der Waals surface area contributed by atoms with E-state index in [0.29, 0.717) is 43.5 Å². The number of benzene rings is 2. The first-order valence-corrected chi connectivity index (χ1v) is 19.5. The molecule has 0 aliphatic heterocycles. The minimum absolute atomic E-state index is 0.183. The molecule has 0 saturated carbocycles. The summed E-state index contributed by atoms with van der Waals surface area (Å²) in [6, 6.07) is 15.7. The number of thiazole rings is 1. The quantitative estimate of drug-likeness (QED) is 0.0428. The number of ketones is 1. The van der Waals surface area contributed by atoms with Crippen molar-refractivity contribution in [3.8, 4) is 5.75 Å². The van der Waals surface area contributed by atoms with Gasteiger partial charge in [0.05, 0.1) is 29.2 Å². The van der Waals surface area contributed by atoms with Gasteiger partial charge in [-0.25, -0.2) is 4.98 Å². The van der Waals surface area contributed by atoms with Gasteiger partial charge >= 0.3 is 5.97 Å². The third-order valence-electron chi connectivity index (χ3n) is 8.26. The zero-order valence-electron chi connectivity index (χ0n) is 29.9. The molecule has 0 radical (unpaired) electrons. The molecule has 0 amide bonds. The molecule has 0 aliphatic carbocycles. The van der Waals surface area contributed by atoms with Crippen LogP contribution in [0.1, 0.15) is 97.0 Å². The number of rotatable bonds is 23. The number of aromatic nitrogens is 1. The van der Waals surface area contributed by atoms with Crippen LogP contribution in [-0.4, -0.2) is 43.0 Å². The number of thiophene rings is 1. The molecule has 0 aliphatic rings. The number of esters is 1. The molecule has 0 N–H and O–H groups in total. The number of azo groups is 2. The van der Waals surface area contributed by atoms with Crippen molar-refractivity contribution in [1.29, 1.82) is 0 Å². The second kappa shape index (κ2) is 21.2. The number of carbonyl (C=O) groups excluding carboxylic acids is 2. The maximum absolute atomic E-state index is 11.5. The molecular weight excluding hydrogens is 669 g/mol. The molecule has 50 heavy (non-hydrogen) atoms. The molecule has 0 fully saturated rings. The SMILES string of the molecule is CCC(=O)CCCCCCCCCCOc1ccc(N=Nc2cc3sc(N=Nc4ccc(N(CC)CCOC(=O)CC)cc4C)nc3s2)cc1. The van der Waals surface area contributed by atoms with E-state index in [2.05, 4.69) is 43.3 Å². The van der Waals surface area contributed by atoms with Gasteiger partial charge in [-0.3, -0.25) is 9.59 Å². The van der Waals surface area contributed by atoms with Crippen molar-refractivity contribution in [1.82, 2.24) is 4.98 Å². The van der Waals surface area contributed by atoms with Crippen molar-refractivity contribution in [2.24, 2.45) is 20.5 Å². The molecule has 0 bridgehead atoms. The molecule has 2 heterocycles. The Hall–Kier alpha value is -4.03. The number of nitrogens with zero attached hydrogens (tertiary/aromatic N) is 6. The summed E-state index contributed by atoms with van der Waals surface area (Å²) < 4.78 is 12.2. The third-order valence-corrected chi connectivity index (χ3v) is 10.2. The van der Waals surface area contributed by atoms with Gasteiger partial charge in [-0.15, -0.1) is 20.5 Å². The van der Waals surface area contributed by atoms with Gasteiger partial charge in [-0.2, -0.15) is 0 Å². The Morgan fingerprint density at radius 1 is 0.780 bits per heavy atom. The van der Waals surface area contributed by atoms with E-state index in [0.717, 1.165) is 68.7 Å². The number of carbonyl (C=O) groups is 2. The maximum Gasteiger partial charge on any atom is 0.305 e. The Kier molecular flexibility index (Phi) is 16.5. The molecule has 4 rings (SSSR count). The van der Waals surface area contributed by atoms with E-state index in [1.165, 1.54) is 61.2 Å². The first-order valence-electron chi connectivity index (χ1n) is 17.9. The van der Waals surface area contributed by atoms with Crippen LogP contribution in [0.25, 0.3) is 9.53 Å². The number of unbranched alkanes of at least 4 members (excludes halogenated alkanes) is 7. The van der Waals surface area contributed by atoms with E-state index in [1.54, 1.807) is 6.92 Å². The van der Waals surface area contributed by atoms with Gasteiger partial charge in [0.15, 0.2) is 0 Å². The molecule has 0 atom stereocenters. The van der Waals surface area contributed by atoms with Crippen LogP contribution >= 0.6 is 22.7 Å². The molecule has 12 heteroatoms. The molecule has 268 valence electrons. The summed E-state index contributed by atoms with van der Waals surface area (Å²) in [4.78, 5) is 30.5. The van der Waals surface area contributed by atoms with Crippen molar-refractivity contribution >= 4 is 71.2 Å². The predicted molar refractivity (Wildman–Crippen MR) is 205 cm³/mol. The fraction of sp³-hybridized carbons (Fsp3) is 0.500. The zero-order chi connectivity index (χ0) is 35.6. The van der Waals surface area contributed by atoms with Crippen molar-refractivity contribution in [3.63, 3.8) is 0 Å². The number of hydrogen-bond acceptors (Lipinski definition) is 12. The van der Waals surface area contributed by atoms with E-state index < -0.39 is 0 Å². The van der Waals surface area contributed by atoms with Gasteiger partial charge in [0.2, 0.25) is 5.13 Å². The van der Waals surface area contributed by atoms with Crippen LogP contribution in [-0.2, 0) is 14.3 Å². The van der Waals surface area contributed by atoms with Crippen LogP contribution in [0.5, 0.6) is 5.75 Å². The third kappa shape index (κ3) is 13.0. The van der Waals surface area contributed by atoms with Crippen LogP contribution in [0.2, 0.25) is 0 Å². The maximum atomic E-state index is 11.5. The zero-order valence-corrected chi connectivity index (χ0v) is 31.5. The Labute approximate surface area is 304 Å². The summed E-state index contributed by atoms with van der Waals surface area (Å²) in [7, 11) is 0. The second-order valence-electron chi connectivity index (χ2n) is 12.1. The molecule has 10 nitrogen and oxygen atoms in total. The lowest BCUT2D eigenvalue weighted by atomic mass is 10.1. The van der Waals surface area contributed by atoms with Crippen molar-refractivity contribution in [3.05, 3.63) is 54.1 Å². The first kappa shape index (κ1) is 38.8. The molecular formula is C38H50N6O4S2.